The van der Waals surface area contributed by atoms with Crippen molar-refractivity contribution in [3.05, 3.63) is 43.3 Å². The smallest absolute Gasteiger partial charge is 0.423 e. The van der Waals surface area contributed by atoms with E-state index in [1.165, 1.54) is 0 Å². The van der Waals surface area contributed by atoms with E-state index < -0.39 is 0 Å². The molecule has 0 aliphatic rings. The molecule has 104 valence electrons. The first-order chi connectivity index (χ1) is 8.66. The highest BCUT2D eigenvalue weighted by Crippen LogP contribution is 2.23. The Bertz CT molecular complexity index is 500. The minimum atomic E-state index is -0.360. The fourth-order valence-electron chi connectivity index (χ4n) is 1.63. The van der Waals surface area contributed by atoms with Crippen LogP contribution in [-0.2, 0) is 10.8 Å². The maximum absolute atomic E-state index is 5.94. The lowest BCUT2D eigenvalue weighted by Gasteiger charge is -2.13. The van der Waals surface area contributed by atoms with Gasteiger partial charge in [-0.1, -0.05) is 41.5 Å². The summed E-state index contributed by atoms with van der Waals surface area (Å²) >= 11 is -0.360. The lowest BCUT2D eigenvalue weighted by Crippen LogP contribution is -3.61. The molecule has 2 rings (SSSR count). The number of hydrogen-bond acceptors (Lipinski definition) is 2. The van der Waals surface area contributed by atoms with Gasteiger partial charge in [0.15, 0.2) is 0 Å². The average Bonchev–Trinajstić information content (AvgIpc) is 2.84. The first kappa shape index (κ1) is 14.7. The normalized spacial score (nSPS) is 12.9. The topological polar surface area (TPSA) is 26.3 Å². The fraction of sp³-hybridized carbons (Fsp3) is 0.500. The lowest BCUT2D eigenvalue weighted by atomic mass is 9.94. The number of rotatable bonds is 2. The van der Waals surface area contributed by atoms with Crippen molar-refractivity contribution < 1.29 is 30.0 Å². The monoisotopic (exact) mass is 373 g/mol. The largest absolute Gasteiger partial charge is 0.442 e. The third kappa shape index (κ3) is 3.65. The molecule has 0 aliphatic heterocycles. The van der Waals surface area contributed by atoms with Crippen LogP contribution in [0.4, 0.5) is 0 Å². The van der Waals surface area contributed by atoms with Gasteiger partial charge in [0.05, 0.1) is 0 Å². The van der Waals surface area contributed by atoms with Gasteiger partial charge in [-0.05, 0) is 12.1 Å². The Hall–Kier alpha value is -0.710. The average molecular weight is 373 g/mol. The summed E-state index contributed by atoms with van der Waals surface area (Å²) in [7, 11) is 0. The van der Waals surface area contributed by atoms with E-state index in [2.05, 4.69) is 65.8 Å². The van der Waals surface area contributed by atoms with Crippen molar-refractivity contribution in [2.24, 2.45) is 0 Å². The van der Waals surface area contributed by atoms with Crippen LogP contribution in [0.25, 0.3) is 0 Å². The van der Waals surface area contributed by atoms with E-state index >= 15 is 0 Å². The summed E-state index contributed by atoms with van der Waals surface area (Å²) in [5.41, 5.74) is 0.142. The Morgan fingerprint density at radius 1 is 0.684 bits per heavy atom. The maximum Gasteiger partial charge on any atom is 0.442 e. The van der Waals surface area contributed by atoms with E-state index in [4.69, 9.17) is 8.83 Å². The van der Waals surface area contributed by atoms with E-state index in [1.54, 1.807) is 0 Å². The molecule has 2 nitrogen and oxygen atoms in total. The SMILES string of the molecule is CC(C)(C)c1ccc([I+]c2ccc(C(C)(C)C)o2)o1. The van der Waals surface area contributed by atoms with Gasteiger partial charge in [0.25, 0.3) is 0 Å². The Kier molecular flexibility index (Phi) is 3.87. The summed E-state index contributed by atoms with van der Waals surface area (Å²) in [4.78, 5) is 0. The maximum atomic E-state index is 5.94. The molecule has 2 aromatic rings. The zero-order chi connectivity index (χ0) is 14.3. The van der Waals surface area contributed by atoms with Crippen molar-refractivity contribution in [1.29, 1.82) is 0 Å². The van der Waals surface area contributed by atoms with Crippen LogP contribution in [0, 0.1) is 7.53 Å². The molecule has 0 fully saturated rings. The van der Waals surface area contributed by atoms with Gasteiger partial charge in [-0.2, -0.15) is 0 Å². The molecule has 0 saturated carbocycles. The number of halogens is 1. The molecule has 0 amide bonds. The highest BCUT2D eigenvalue weighted by Gasteiger charge is 2.29. The molecule has 0 saturated heterocycles. The van der Waals surface area contributed by atoms with Crippen LogP contribution in [0.1, 0.15) is 53.1 Å². The van der Waals surface area contributed by atoms with Crippen molar-refractivity contribution in [1.82, 2.24) is 0 Å². The van der Waals surface area contributed by atoms with Gasteiger partial charge < -0.3 is 8.83 Å². The zero-order valence-corrected chi connectivity index (χ0v) is 14.7. The molecule has 2 heterocycles. The molecule has 0 unspecified atom stereocenters. The second-order valence-electron chi connectivity index (χ2n) is 6.80. The molecule has 19 heavy (non-hydrogen) atoms. The van der Waals surface area contributed by atoms with Crippen LogP contribution in [-0.4, -0.2) is 0 Å². The number of furan rings is 2. The van der Waals surface area contributed by atoms with Gasteiger partial charge in [-0.15, -0.1) is 0 Å². The van der Waals surface area contributed by atoms with Gasteiger partial charge in [0, 0.05) is 23.0 Å². The molecule has 0 aromatic carbocycles. The quantitative estimate of drug-likeness (QED) is 0.748. The van der Waals surface area contributed by atoms with Crippen molar-refractivity contribution in [3.63, 3.8) is 0 Å². The molecule has 2 aromatic heterocycles. The second kappa shape index (κ2) is 5.00. The summed E-state index contributed by atoms with van der Waals surface area (Å²) in [6.45, 7) is 13.0. The molecule has 0 N–H and O–H groups in total. The van der Waals surface area contributed by atoms with Gasteiger partial charge >= 0.3 is 28.7 Å². The molecule has 0 radical (unpaired) electrons. The predicted molar refractivity (Wildman–Crippen MR) is 72.2 cm³/mol. The van der Waals surface area contributed by atoms with Crippen molar-refractivity contribution in [2.75, 3.05) is 0 Å². The minimum absolute atomic E-state index is 0.0712. The fourth-order valence-corrected chi connectivity index (χ4v) is 3.57. The number of hydrogen-bond donors (Lipinski definition) is 0. The first-order valence-corrected chi connectivity index (χ1v) is 8.67. The Balaban J connectivity index is 2.14. The van der Waals surface area contributed by atoms with Crippen LogP contribution >= 0.6 is 0 Å². The van der Waals surface area contributed by atoms with Gasteiger partial charge in [-0.25, -0.2) is 0 Å². The van der Waals surface area contributed by atoms with Crippen molar-refractivity contribution in [2.45, 2.75) is 52.4 Å². The lowest BCUT2D eigenvalue weighted by molar-refractivity contribution is -0.636. The highest BCUT2D eigenvalue weighted by atomic mass is 127. The summed E-state index contributed by atoms with van der Waals surface area (Å²) in [6.07, 6.45) is 0. The van der Waals surface area contributed by atoms with E-state index in [0.29, 0.717) is 0 Å². The molecular weight excluding hydrogens is 351 g/mol. The van der Waals surface area contributed by atoms with Crippen molar-refractivity contribution in [3.8, 4) is 0 Å². The summed E-state index contributed by atoms with van der Waals surface area (Å²) < 4.78 is 14.0. The molecule has 0 atom stereocenters. The van der Waals surface area contributed by atoms with Gasteiger partial charge in [0.1, 0.15) is 11.5 Å². The third-order valence-electron chi connectivity index (χ3n) is 2.81. The summed E-state index contributed by atoms with van der Waals surface area (Å²) in [5, 5.41) is 0. The van der Waals surface area contributed by atoms with Crippen LogP contribution in [0.15, 0.2) is 33.1 Å². The molecule has 0 aliphatic carbocycles. The zero-order valence-electron chi connectivity index (χ0n) is 12.5. The van der Waals surface area contributed by atoms with Crippen LogP contribution in [0.2, 0.25) is 0 Å². The van der Waals surface area contributed by atoms with Gasteiger partial charge in [0.2, 0.25) is 0 Å². The summed E-state index contributed by atoms with van der Waals surface area (Å²) in [5.74, 6) is 2.09. The Morgan fingerprint density at radius 2 is 1.05 bits per heavy atom. The van der Waals surface area contributed by atoms with E-state index in [-0.39, 0.29) is 32.0 Å². The standard InChI is InChI=1S/C16H22IO2/c1-15(2,3)11-7-9-13(18-11)17-14-10-8-12(19-14)16(4,5)6/h7-10H,1-6H3/q+1. The molecule has 0 bridgehead atoms. The molecule has 0 spiro atoms. The Morgan fingerprint density at radius 3 is 1.32 bits per heavy atom. The molecular formula is C16H22IO2+. The van der Waals surface area contributed by atoms with E-state index in [0.717, 1.165) is 19.1 Å². The minimum Gasteiger partial charge on any atom is -0.423 e. The van der Waals surface area contributed by atoms with Gasteiger partial charge in [-0.3, -0.25) is 0 Å². The van der Waals surface area contributed by atoms with Crippen LogP contribution < -0.4 is 21.2 Å². The van der Waals surface area contributed by atoms with Crippen LogP contribution in [0.3, 0.4) is 0 Å². The second-order valence-corrected chi connectivity index (χ2v) is 9.47. The highest BCUT2D eigenvalue weighted by molar-refractivity contribution is 5.10. The summed E-state index contributed by atoms with van der Waals surface area (Å²) in [6, 6.07) is 8.35. The predicted octanol–water partition coefficient (Wildman–Crippen LogP) is 1.60. The van der Waals surface area contributed by atoms with Crippen molar-refractivity contribution >= 4 is 0 Å². The van der Waals surface area contributed by atoms with Crippen LogP contribution in [0.5, 0.6) is 0 Å². The molecule has 3 heteroatoms. The first-order valence-electron chi connectivity index (χ1n) is 6.52. The Labute approximate surface area is 125 Å². The van der Waals surface area contributed by atoms with E-state index in [1.807, 2.05) is 0 Å². The third-order valence-corrected chi connectivity index (χ3v) is 5.03. The van der Waals surface area contributed by atoms with E-state index in [9.17, 15) is 0 Å².